The van der Waals surface area contributed by atoms with Gasteiger partial charge in [-0.3, -0.25) is 14.5 Å². The van der Waals surface area contributed by atoms with Crippen molar-refractivity contribution in [1.82, 2.24) is 9.80 Å². The summed E-state index contributed by atoms with van der Waals surface area (Å²) in [4.78, 5) is 28.4. The van der Waals surface area contributed by atoms with Crippen LogP contribution in [0, 0.1) is 6.92 Å². The molecule has 2 atom stereocenters. The van der Waals surface area contributed by atoms with E-state index in [0.717, 1.165) is 35.1 Å². The lowest BCUT2D eigenvalue weighted by atomic mass is 9.83. The van der Waals surface area contributed by atoms with Gasteiger partial charge in [0.15, 0.2) is 0 Å². The van der Waals surface area contributed by atoms with Crippen molar-refractivity contribution in [2.24, 2.45) is 5.73 Å². The Kier molecular flexibility index (Phi) is 6.77. The summed E-state index contributed by atoms with van der Waals surface area (Å²) in [5, 5.41) is 9.99. The molecule has 0 saturated heterocycles. The molecule has 6 nitrogen and oxygen atoms in total. The average Bonchev–Trinajstić information content (AvgIpc) is 2.68. The Morgan fingerprint density at radius 3 is 2.60 bits per heavy atom. The lowest BCUT2D eigenvalue weighted by molar-refractivity contribution is -0.137. The molecule has 2 aromatic rings. The molecule has 2 amide bonds. The summed E-state index contributed by atoms with van der Waals surface area (Å²) in [6, 6.07) is 13.7. The molecule has 2 aromatic carbocycles. The molecule has 6 heteroatoms. The number of fused-ring (bicyclic) bond motifs is 1. The minimum Gasteiger partial charge on any atom is -0.508 e. The average molecular weight is 410 g/mol. The van der Waals surface area contributed by atoms with E-state index in [2.05, 4.69) is 30.9 Å². The van der Waals surface area contributed by atoms with Crippen LogP contribution in [0.5, 0.6) is 5.75 Å². The van der Waals surface area contributed by atoms with Crippen LogP contribution in [0.3, 0.4) is 0 Å². The fourth-order valence-electron chi connectivity index (χ4n) is 4.40. The Balaban J connectivity index is 2.00. The number of phenolic OH excluding ortho intramolecular Hbond substituents is 1. The number of aromatic hydroxyl groups is 1. The van der Waals surface area contributed by atoms with Gasteiger partial charge in [0, 0.05) is 12.6 Å². The van der Waals surface area contributed by atoms with Crippen molar-refractivity contribution in [3.63, 3.8) is 0 Å². The van der Waals surface area contributed by atoms with Crippen LogP contribution in [0.1, 0.15) is 48.6 Å². The van der Waals surface area contributed by atoms with E-state index >= 15 is 0 Å². The first-order chi connectivity index (χ1) is 14.3. The van der Waals surface area contributed by atoms with E-state index in [9.17, 15) is 14.7 Å². The van der Waals surface area contributed by atoms with Gasteiger partial charge in [-0.2, -0.15) is 0 Å². The lowest BCUT2D eigenvalue weighted by Crippen LogP contribution is -2.50. The molecule has 0 saturated carbocycles. The van der Waals surface area contributed by atoms with E-state index < -0.39 is 5.91 Å². The molecule has 0 aromatic heterocycles. The van der Waals surface area contributed by atoms with E-state index in [1.807, 2.05) is 31.2 Å². The molecule has 0 fully saturated rings. The highest BCUT2D eigenvalue weighted by atomic mass is 16.3. The second-order valence-corrected chi connectivity index (χ2v) is 8.15. The minimum atomic E-state index is -0.500. The standard InChI is InChI=1S/C24H31N3O3/c1-4-11-26(14-22(25)29)23(30)15-27-17(3)12-18-13-19(28)9-10-21(18)24(27)20-8-6-5-7-16(20)2/h5-10,13,17,24,28H,4,11-12,14-15H2,1-3H3,(H2,25,29). The maximum Gasteiger partial charge on any atom is 0.237 e. The van der Waals surface area contributed by atoms with Gasteiger partial charge in [-0.15, -0.1) is 0 Å². The Morgan fingerprint density at radius 2 is 1.93 bits per heavy atom. The first-order valence-electron chi connectivity index (χ1n) is 10.5. The first kappa shape index (κ1) is 21.8. The van der Waals surface area contributed by atoms with Crippen LogP contribution in [0.2, 0.25) is 0 Å². The van der Waals surface area contributed by atoms with Gasteiger partial charge >= 0.3 is 0 Å². The number of primary amides is 1. The number of carbonyl (C=O) groups excluding carboxylic acids is 2. The molecule has 0 spiro atoms. The van der Waals surface area contributed by atoms with Crippen molar-refractivity contribution in [2.75, 3.05) is 19.6 Å². The van der Waals surface area contributed by atoms with E-state index in [4.69, 9.17) is 5.73 Å². The number of aryl methyl sites for hydroxylation is 1. The molecular formula is C24H31N3O3. The quantitative estimate of drug-likeness (QED) is 0.736. The van der Waals surface area contributed by atoms with Gasteiger partial charge in [0.2, 0.25) is 11.8 Å². The van der Waals surface area contributed by atoms with E-state index in [-0.39, 0.29) is 36.8 Å². The van der Waals surface area contributed by atoms with Crippen LogP contribution >= 0.6 is 0 Å². The molecule has 160 valence electrons. The van der Waals surface area contributed by atoms with Gasteiger partial charge in [-0.1, -0.05) is 37.3 Å². The van der Waals surface area contributed by atoms with Crippen LogP contribution in [-0.2, 0) is 16.0 Å². The second-order valence-electron chi connectivity index (χ2n) is 8.15. The number of carbonyl (C=O) groups is 2. The zero-order valence-corrected chi connectivity index (χ0v) is 18.0. The van der Waals surface area contributed by atoms with Crippen LogP contribution in [0.15, 0.2) is 42.5 Å². The van der Waals surface area contributed by atoms with Crippen molar-refractivity contribution in [3.8, 4) is 5.75 Å². The van der Waals surface area contributed by atoms with Crippen molar-refractivity contribution in [3.05, 3.63) is 64.7 Å². The second kappa shape index (κ2) is 9.30. The highest BCUT2D eigenvalue weighted by Gasteiger charge is 2.36. The fourth-order valence-corrected chi connectivity index (χ4v) is 4.40. The van der Waals surface area contributed by atoms with Crippen LogP contribution in [-0.4, -0.2) is 52.4 Å². The number of amides is 2. The predicted octanol–water partition coefficient (Wildman–Crippen LogP) is 2.76. The summed E-state index contributed by atoms with van der Waals surface area (Å²) in [7, 11) is 0. The maximum absolute atomic E-state index is 13.1. The zero-order valence-electron chi connectivity index (χ0n) is 18.0. The van der Waals surface area contributed by atoms with Crippen molar-refractivity contribution >= 4 is 11.8 Å². The first-order valence-corrected chi connectivity index (χ1v) is 10.5. The number of nitrogens with zero attached hydrogens (tertiary/aromatic N) is 2. The molecule has 0 radical (unpaired) electrons. The highest BCUT2D eigenvalue weighted by Crippen LogP contribution is 2.40. The smallest absolute Gasteiger partial charge is 0.237 e. The summed E-state index contributed by atoms with van der Waals surface area (Å²) in [6.07, 6.45) is 1.50. The SMILES string of the molecule is CCCN(CC(N)=O)C(=O)CN1C(C)Cc2cc(O)ccc2C1c1ccccc1C. The zero-order chi connectivity index (χ0) is 21.8. The molecule has 1 aliphatic rings. The third kappa shape index (κ3) is 4.65. The van der Waals surface area contributed by atoms with Crippen LogP contribution in [0.4, 0.5) is 0 Å². The van der Waals surface area contributed by atoms with Crippen molar-refractivity contribution < 1.29 is 14.7 Å². The summed E-state index contributed by atoms with van der Waals surface area (Å²) in [5.74, 6) is -0.340. The van der Waals surface area contributed by atoms with Gasteiger partial charge in [-0.05, 0) is 61.1 Å². The molecule has 2 unspecified atom stereocenters. The Morgan fingerprint density at radius 1 is 1.20 bits per heavy atom. The fraction of sp³-hybridized carbons (Fsp3) is 0.417. The molecule has 3 N–H and O–H groups in total. The predicted molar refractivity (Wildman–Crippen MR) is 117 cm³/mol. The third-order valence-corrected chi connectivity index (χ3v) is 5.83. The normalized spacial score (nSPS) is 18.6. The molecule has 30 heavy (non-hydrogen) atoms. The largest absolute Gasteiger partial charge is 0.508 e. The van der Waals surface area contributed by atoms with Gasteiger partial charge in [0.05, 0.1) is 19.1 Å². The van der Waals surface area contributed by atoms with Crippen LogP contribution in [0.25, 0.3) is 0 Å². The number of phenols is 1. The number of hydrogen-bond acceptors (Lipinski definition) is 4. The van der Waals surface area contributed by atoms with Gasteiger partial charge in [0.25, 0.3) is 0 Å². The molecular weight excluding hydrogens is 378 g/mol. The number of nitrogens with two attached hydrogens (primary N) is 1. The topological polar surface area (TPSA) is 86.9 Å². The third-order valence-electron chi connectivity index (χ3n) is 5.83. The summed E-state index contributed by atoms with van der Waals surface area (Å²) >= 11 is 0. The summed E-state index contributed by atoms with van der Waals surface area (Å²) < 4.78 is 0. The Bertz CT molecular complexity index is 928. The van der Waals surface area contributed by atoms with Gasteiger partial charge in [-0.25, -0.2) is 0 Å². The molecule has 1 heterocycles. The van der Waals surface area contributed by atoms with Gasteiger partial charge < -0.3 is 15.7 Å². The van der Waals surface area contributed by atoms with Crippen molar-refractivity contribution in [2.45, 2.75) is 45.7 Å². The van der Waals surface area contributed by atoms with E-state index in [1.165, 1.54) is 0 Å². The monoisotopic (exact) mass is 409 g/mol. The highest BCUT2D eigenvalue weighted by molar-refractivity contribution is 5.85. The summed E-state index contributed by atoms with van der Waals surface area (Å²) in [6.45, 7) is 6.80. The molecule has 0 bridgehead atoms. The Hall–Kier alpha value is -2.86. The number of hydrogen-bond donors (Lipinski definition) is 2. The minimum absolute atomic E-state index is 0.0611. The van der Waals surface area contributed by atoms with Crippen molar-refractivity contribution in [1.29, 1.82) is 0 Å². The maximum atomic E-state index is 13.1. The Labute approximate surface area is 178 Å². The van der Waals surface area contributed by atoms with Crippen LogP contribution < -0.4 is 5.73 Å². The van der Waals surface area contributed by atoms with Gasteiger partial charge in [0.1, 0.15) is 5.75 Å². The van der Waals surface area contributed by atoms with E-state index in [0.29, 0.717) is 6.54 Å². The molecule has 3 rings (SSSR count). The molecule has 1 aliphatic heterocycles. The molecule has 0 aliphatic carbocycles. The summed E-state index contributed by atoms with van der Waals surface area (Å²) in [5.41, 5.74) is 9.86. The lowest BCUT2D eigenvalue weighted by Gasteiger charge is -2.43. The van der Waals surface area contributed by atoms with E-state index in [1.54, 1.807) is 11.0 Å². The number of benzene rings is 2. The number of rotatable bonds is 7.